The molecule has 2 rings (SSSR count). The highest BCUT2D eigenvalue weighted by Crippen LogP contribution is 2.15. The van der Waals surface area contributed by atoms with E-state index < -0.39 is 10.4 Å². The van der Waals surface area contributed by atoms with Gasteiger partial charge in [-0.2, -0.15) is 13.2 Å². The van der Waals surface area contributed by atoms with Crippen LogP contribution in [0.1, 0.15) is 18.9 Å². The molecule has 8 heteroatoms. The maximum atomic E-state index is 8.74. The molecule has 0 aromatic heterocycles. The summed E-state index contributed by atoms with van der Waals surface area (Å²) in [6.07, 6.45) is 6.66. The Kier molecular flexibility index (Phi) is 7.37. The van der Waals surface area contributed by atoms with E-state index in [1.165, 1.54) is 11.3 Å². The maximum Gasteiger partial charge on any atom is 0.394 e. The van der Waals surface area contributed by atoms with E-state index in [1.807, 2.05) is 18.2 Å². The lowest BCUT2D eigenvalue weighted by molar-refractivity contribution is -0.00547. The Morgan fingerprint density at radius 2 is 1.83 bits per heavy atom. The molecule has 7 nitrogen and oxygen atoms in total. The second-order valence-corrected chi connectivity index (χ2v) is 5.60. The van der Waals surface area contributed by atoms with E-state index in [0.717, 1.165) is 13.1 Å². The highest BCUT2D eigenvalue weighted by molar-refractivity contribution is 7.79. The van der Waals surface area contributed by atoms with Crippen LogP contribution in [0.3, 0.4) is 0 Å². The van der Waals surface area contributed by atoms with E-state index in [0.29, 0.717) is 12.1 Å². The number of allylic oxidation sites excluding steroid dienone is 3. The van der Waals surface area contributed by atoms with Gasteiger partial charge in [-0.3, -0.25) is 9.11 Å². The van der Waals surface area contributed by atoms with Gasteiger partial charge in [0.2, 0.25) is 0 Å². The van der Waals surface area contributed by atoms with Crippen LogP contribution in [0, 0.1) is 0 Å². The van der Waals surface area contributed by atoms with Crippen LogP contribution in [0.25, 0.3) is 5.53 Å². The van der Waals surface area contributed by atoms with Gasteiger partial charge in [0.25, 0.3) is 5.71 Å². The highest BCUT2D eigenvalue weighted by atomic mass is 32.3. The van der Waals surface area contributed by atoms with Crippen LogP contribution in [0.2, 0.25) is 0 Å². The molecular formula is C15H19N3O4S. The van der Waals surface area contributed by atoms with Gasteiger partial charge in [-0.05, 0) is 24.6 Å². The van der Waals surface area contributed by atoms with Gasteiger partial charge in [-0.1, -0.05) is 30.3 Å². The summed E-state index contributed by atoms with van der Waals surface area (Å²) in [5.74, 6) is 0. The lowest BCUT2D eigenvalue weighted by Crippen LogP contribution is -2.22. The average Bonchev–Trinajstić information content (AvgIpc) is 2.52. The van der Waals surface area contributed by atoms with Crippen molar-refractivity contribution < 1.29 is 22.3 Å². The average molecular weight is 337 g/mol. The first kappa shape index (κ1) is 18.8. The van der Waals surface area contributed by atoms with Crippen molar-refractivity contribution in [2.75, 3.05) is 6.54 Å². The summed E-state index contributed by atoms with van der Waals surface area (Å²) in [4.78, 5) is 5.52. The van der Waals surface area contributed by atoms with E-state index in [2.05, 4.69) is 47.0 Å². The Bertz CT molecular complexity index is 712. The largest absolute Gasteiger partial charge is 0.394 e. The topological polar surface area (TPSA) is 114 Å². The Balaban J connectivity index is 0.000000463. The van der Waals surface area contributed by atoms with Crippen LogP contribution in [0.5, 0.6) is 0 Å². The normalized spacial score (nSPS) is 13.5. The first-order chi connectivity index (χ1) is 10.8. The molecule has 1 aromatic rings. The Morgan fingerprint density at radius 1 is 1.22 bits per heavy atom. The van der Waals surface area contributed by atoms with Crippen molar-refractivity contribution in [2.45, 2.75) is 19.9 Å². The molecular weight excluding hydrogens is 318 g/mol. The van der Waals surface area contributed by atoms with Crippen molar-refractivity contribution in [2.24, 2.45) is 0 Å². The zero-order valence-corrected chi connectivity index (χ0v) is 13.5. The van der Waals surface area contributed by atoms with Crippen LogP contribution in [-0.4, -0.2) is 39.5 Å². The third-order valence-electron chi connectivity index (χ3n) is 3.06. The van der Waals surface area contributed by atoms with E-state index in [1.54, 1.807) is 0 Å². The SMILES string of the molecule is CCN(Cc1ccccc1)C1=CCC(=[N+]=[N-])C=C1.O=S(=O)(O)O. The standard InChI is InChI=1S/C15H17N3.H2O4S/c1-2-18(12-13-6-4-3-5-7-13)15-10-8-14(17-16)9-11-15;1-5(2,3)4/h3-8,10-11H,2,9,12H2,1H3;(H2,1,2,3,4). The summed E-state index contributed by atoms with van der Waals surface area (Å²) < 4.78 is 31.6. The van der Waals surface area contributed by atoms with Gasteiger partial charge in [0.1, 0.15) is 0 Å². The van der Waals surface area contributed by atoms with Crippen molar-refractivity contribution in [3.8, 4) is 0 Å². The lowest BCUT2D eigenvalue weighted by atomic mass is 10.1. The molecule has 0 aliphatic heterocycles. The summed E-state index contributed by atoms with van der Waals surface area (Å²) in [5.41, 5.74) is 11.9. The molecule has 0 fully saturated rings. The summed E-state index contributed by atoms with van der Waals surface area (Å²) >= 11 is 0. The predicted octanol–water partition coefficient (Wildman–Crippen LogP) is 2.37. The molecule has 0 amide bonds. The minimum atomic E-state index is -4.67. The first-order valence-electron chi connectivity index (χ1n) is 6.91. The minimum absolute atomic E-state index is 0.688. The Hall–Kier alpha value is -2.25. The molecule has 2 N–H and O–H groups in total. The number of hydrogen-bond donors (Lipinski definition) is 2. The second-order valence-electron chi connectivity index (χ2n) is 4.71. The summed E-state index contributed by atoms with van der Waals surface area (Å²) in [5, 5.41) is 0. The van der Waals surface area contributed by atoms with E-state index in [-0.39, 0.29) is 0 Å². The van der Waals surface area contributed by atoms with Crippen molar-refractivity contribution >= 4 is 16.1 Å². The van der Waals surface area contributed by atoms with E-state index >= 15 is 0 Å². The molecule has 0 heterocycles. The molecule has 23 heavy (non-hydrogen) atoms. The van der Waals surface area contributed by atoms with Crippen LogP contribution >= 0.6 is 0 Å². The summed E-state index contributed by atoms with van der Waals surface area (Å²) in [6, 6.07) is 10.4. The summed E-state index contributed by atoms with van der Waals surface area (Å²) in [6.45, 7) is 4.00. The van der Waals surface area contributed by atoms with Gasteiger partial charge in [-0.15, -0.1) is 0 Å². The third kappa shape index (κ3) is 8.08. The van der Waals surface area contributed by atoms with E-state index in [9.17, 15) is 0 Å². The molecule has 0 bridgehead atoms. The predicted molar refractivity (Wildman–Crippen MR) is 87.2 cm³/mol. The second kappa shape index (κ2) is 9.02. The van der Waals surface area contributed by atoms with Crippen molar-refractivity contribution in [3.05, 3.63) is 65.4 Å². The van der Waals surface area contributed by atoms with Gasteiger partial charge >= 0.3 is 10.4 Å². The number of benzene rings is 1. The zero-order chi connectivity index (χ0) is 17.3. The lowest BCUT2D eigenvalue weighted by Gasteiger charge is -2.25. The fourth-order valence-corrected chi connectivity index (χ4v) is 2.02. The smallest absolute Gasteiger partial charge is 0.368 e. The van der Waals surface area contributed by atoms with Crippen molar-refractivity contribution in [1.82, 2.24) is 4.90 Å². The monoisotopic (exact) mass is 337 g/mol. The Labute approximate surface area is 135 Å². The fraction of sp³-hybridized carbons (Fsp3) is 0.267. The van der Waals surface area contributed by atoms with Gasteiger partial charge in [0, 0.05) is 24.9 Å². The molecule has 0 saturated heterocycles. The fourth-order valence-electron chi connectivity index (χ4n) is 2.02. The number of likely N-dealkylation sites (N-methyl/N-ethyl adjacent to an activating group) is 1. The van der Waals surface area contributed by atoms with Crippen LogP contribution in [-0.2, 0) is 16.9 Å². The Morgan fingerprint density at radius 3 is 2.26 bits per heavy atom. The molecule has 0 atom stereocenters. The molecule has 1 aromatic carbocycles. The number of rotatable bonds is 4. The van der Waals surface area contributed by atoms with Crippen LogP contribution in [0.4, 0.5) is 0 Å². The first-order valence-corrected chi connectivity index (χ1v) is 8.31. The van der Waals surface area contributed by atoms with Gasteiger partial charge < -0.3 is 10.4 Å². The molecule has 0 saturated carbocycles. The van der Waals surface area contributed by atoms with Crippen molar-refractivity contribution in [3.63, 3.8) is 0 Å². The zero-order valence-electron chi connectivity index (χ0n) is 12.7. The van der Waals surface area contributed by atoms with Gasteiger partial charge in [0.15, 0.2) is 0 Å². The molecule has 1 aliphatic carbocycles. The quantitative estimate of drug-likeness (QED) is 0.497. The van der Waals surface area contributed by atoms with Crippen LogP contribution in [0.15, 0.2) is 54.3 Å². The molecule has 0 unspecified atom stereocenters. The molecule has 124 valence electrons. The highest BCUT2D eigenvalue weighted by Gasteiger charge is 2.12. The third-order valence-corrected chi connectivity index (χ3v) is 3.06. The molecule has 0 radical (unpaired) electrons. The number of hydrogen-bond acceptors (Lipinski definition) is 3. The van der Waals surface area contributed by atoms with E-state index in [4.69, 9.17) is 23.1 Å². The summed E-state index contributed by atoms with van der Waals surface area (Å²) in [7, 11) is -4.67. The van der Waals surface area contributed by atoms with Gasteiger partial charge in [-0.25, -0.2) is 0 Å². The number of nitrogens with zero attached hydrogens (tertiary/aromatic N) is 3. The maximum absolute atomic E-state index is 8.74. The minimum Gasteiger partial charge on any atom is -0.368 e. The molecule has 0 spiro atoms. The molecule has 1 aliphatic rings. The van der Waals surface area contributed by atoms with Gasteiger partial charge in [0.05, 0.1) is 6.42 Å². The van der Waals surface area contributed by atoms with Crippen molar-refractivity contribution in [1.29, 1.82) is 0 Å². The van der Waals surface area contributed by atoms with Crippen LogP contribution < -0.4 is 0 Å².